The second-order valence-electron chi connectivity index (χ2n) is 5.81. The van der Waals surface area contributed by atoms with Gasteiger partial charge in [0.1, 0.15) is 6.04 Å². The number of benzene rings is 1. The molecule has 1 heterocycles. The Morgan fingerprint density at radius 2 is 1.82 bits per heavy atom. The summed E-state index contributed by atoms with van der Waals surface area (Å²) in [5, 5.41) is 3.12. The number of para-hydroxylation sites is 1. The van der Waals surface area contributed by atoms with Crippen LogP contribution < -0.4 is 16.2 Å². The first-order valence-corrected chi connectivity index (χ1v) is 6.95. The van der Waals surface area contributed by atoms with E-state index < -0.39 is 11.9 Å². The molecule has 0 radical (unpaired) electrons. The molecule has 3 N–H and O–H groups in total. The Bertz CT molecular complexity index is 627. The van der Waals surface area contributed by atoms with Crippen molar-refractivity contribution in [3.63, 3.8) is 0 Å². The monoisotopic (exact) mass is 304 g/mol. The van der Waals surface area contributed by atoms with E-state index in [0.717, 1.165) is 0 Å². The minimum atomic E-state index is -0.448. The Kier molecular flexibility index (Phi) is 4.07. The van der Waals surface area contributed by atoms with Crippen LogP contribution in [0.2, 0.25) is 0 Å². The molecule has 1 unspecified atom stereocenters. The van der Waals surface area contributed by atoms with Crippen LogP contribution in [0, 0.1) is 0 Å². The summed E-state index contributed by atoms with van der Waals surface area (Å²) >= 11 is 0. The van der Waals surface area contributed by atoms with Gasteiger partial charge < -0.3 is 10.2 Å². The molecule has 0 bridgehead atoms. The number of hydrogen-bond acceptors (Lipinski definition) is 4. The standard InChI is InChI=1S/C15H20N4O3/c1-9(20)17-18-13(21)10-7-5-6-8-11(10)16-12-14(22)19(4)15(12,2)3/h5-8,12,16H,1-4H3,(H,17,20)(H,18,21). The Labute approximate surface area is 129 Å². The summed E-state index contributed by atoms with van der Waals surface area (Å²) in [5.74, 6) is -0.839. The smallest absolute Gasteiger partial charge is 0.271 e. The lowest BCUT2D eigenvalue weighted by molar-refractivity contribution is -0.152. The normalized spacial score (nSPS) is 19.2. The van der Waals surface area contributed by atoms with Gasteiger partial charge >= 0.3 is 0 Å². The topological polar surface area (TPSA) is 90.5 Å². The highest BCUT2D eigenvalue weighted by atomic mass is 16.2. The molecule has 1 aliphatic heterocycles. The van der Waals surface area contributed by atoms with Crippen molar-refractivity contribution in [3.8, 4) is 0 Å². The lowest BCUT2D eigenvalue weighted by Crippen LogP contribution is -2.72. The molecule has 1 aliphatic rings. The largest absolute Gasteiger partial charge is 0.371 e. The maximum Gasteiger partial charge on any atom is 0.271 e. The lowest BCUT2D eigenvalue weighted by Gasteiger charge is -2.52. The summed E-state index contributed by atoms with van der Waals surface area (Å²) in [4.78, 5) is 36.6. The number of likely N-dealkylation sites (tertiary alicyclic amines) is 1. The van der Waals surface area contributed by atoms with Crippen LogP contribution in [0.1, 0.15) is 31.1 Å². The van der Waals surface area contributed by atoms with E-state index in [1.165, 1.54) is 6.92 Å². The second-order valence-corrected chi connectivity index (χ2v) is 5.81. The summed E-state index contributed by atoms with van der Waals surface area (Å²) in [5.41, 5.74) is 5.13. The van der Waals surface area contributed by atoms with Gasteiger partial charge in [-0.2, -0.15) is 0 Å². The maximum atomic E-state index is 12.1. The van der Waals surface area contributed by atoms with Crippen LogP contribution in [0.5, 0.6) is 0 Å². The van der Waals surface area contributed by atoms with Gasteiger partial charge in [-0.1, -0.05) is 12.1 Å². The molecule has 0 aromatic heterocycles. The van der Waals surface area contributed by atoms with Crippen LogP contribution in [0.25, 0.3) is 0 Å². The first-order chi connectivity index (χ1) is 10.2. The molecule has 7 nitrogen and oxygen atoms in total. The van der Waals surface area contributed by atoms with E-state index in [0.29, 0.717) is 11.3 Å². The second kappa shape index (κ2) is 5.67. The quantitative estimate of drug-likeness (QED) is 0.560. The van der Waals surface area contributed by atoms with E-state index in [2.05, 4.69) is 16.2 Å². The highest BCUT2D eigenvalue weighted by Gasteiger charge is 2.51. The first-order valence-electron chi connectivity index (χ1n) is 6.95. The number of likely N-dealkylation sites (N-methyl/N-ethyl adjacent to an activating group) is 1. The first kappa shape index (κ1) is 15.8. The van der Waals surface area contributed by atoms with Crippen molar-refractivity contribution in [2.75, 3.05) is 12.4 Å². The van der Waals surface area contributed by atoms with E-state index in [1.807, 2.05) is 13.8 Å². The van der Waals surface area contributed by atoms with Crippen LogP contribution in [0.3, 0.4) is 0 Å². The van der Waals surface area contributed by atoms with Crippen molar-refractivity contribution >= 4 is 23.4 Å². The molecule has 1 atom stereocenters. The van der Waals surface area contributed by atoms with Crippen LogP contribution in [-0.4, -0.2) is 41.2 Å². The summed E-state index contributed by atoms with van der Waals surface area (Å²) in [6, 6.07) is 6.45. The molecule has 1 fully saturated rings. The maximum absolute atomic E-state index is 12.1. The third-order valence-electron chi connectivity index (χ3n) is 3.97. The van der Waals surface area contributed by atoms with Crippen molar-refractivity contribution in [3.05, 3.63) is 29.8 Å². The fraction of sp³-hybridized carbons (Fsp3) is 0.400. The number of nitrogens with zero attached hydrogens (tertiary/aromatic N) is 1. The van der Waals surface area contributed by atoms with E-state index in [-0.39, 0.29) is 17.4 Å². The molecular formula is C15H20N4O3. The van der Waals surface area contributed by atoms with Gasteiger partial charge in [0, 0.05) is 19.7 Å². The van der Waals surface area contributed by atoms with Gasteiger partial charge in [-0.05, 0) is 26.0 Å². The number of hydrazine groups is 1. The zero-order valence-corrected chi connectivity index (χ0v) is 13.1. The average Bonchev–Trinajstić information content (AvgIpc) is 2.49. The van der Waals surface area contributed by atoms with Gasteiger partial charge in [-0.15, -0.1) is 0 Å². The molecule has 1 aromatic rings. The number of rotatable bonds is 3. The van der Waals surface area contributed by atoms with Gasteiger partial charge in [0.15, 0.2) is 0 Å². The van der Waals surface area contributed by atoms with Gasteiger partial charge in [-0.3, -0.25) is 25.2 Å². The molecule has 1 saturated heterocycles. The molecule has 1 aromatic carbocycles. The average molecular weight is 304 g/mol. The highest BCUT2D eigenvalue weighted by Crippen LogP contribution is 2.32. The van der Waals surface area contributed by atoms with E-state index >= 15 is 0 Å². The Morgan fingerprint density at radius 3 is 2.41 bits per heavy atom. The predicted octanol–water partition coefficient (Wildman–Crippen LogP) is 0.499. The fourth-order valence-corrected chi connectivity index (χ4v) is 2.32. The number of hydrogen-bond donors (Lipinski definition) is 3. The summed E-state index contributed by atoms with van der Waals surface area (Å²) < 4.78 is 0. The number of β-lactam (4-membered cyclic amide) rings is 1. The number of carbonyl (C=O) groups excluding carboxylic acids is 3. The number of nitrogens with one attached hydrogen (secondary N) is 3. The molecular weight excluding hydrogens is 284 g/mol. The zero-order valence-electron chi connectivity index (χ0n) is 13.1. The molecule has 0 spiro atoms. The Morgan fingerprint density at radius 1 is 1.18 bits per heavy atom. The minimum Gasteiger partial charge on any atom is -0.371 e. The van der Waals surface area contributed by atoms with Crippen LogP contribution in [0.15, 0.2) is 24.3 Å². The number of carbonyl (C=O) groups is 3. The Hall–Kier alpha value is -2.57. The number of amides is 3. The summed E-state index contributed by atoms with van der Waals surface area (Å²) in [7, 11) is 1.75. The van der Waals surface area contributed by atoms with E-state index in [4.69, 9.17) is 0 Å². The van der Waals surface area contributed by atoms with Crippen molar-refractivity contribution in [1.29, 1.82) is 0 Å². The van der Waals surface area contributed by atoms with Gasteiger partial charge in [0.2, 0.25) is 11.8 Å². The third-order valence-corrected chi connectivity index (χ3v) is 3.97. The van der Waals surface area contributed by atoms with Gasteiger partial charge in [0.05, 0.1) is 11.1 Å². The number of anilines is 1. The van der Waals surface area contributed by atoms with Crippen LogP contribution in [-0.2, 0) is 9.59 Å². The van der Waals surface area contributed by atoms with E-state index in [1.54, 1.807) is 36.2 Å². The van der Waals surface area contributed by atoms with Gasteiger partial charge in [0.25, 0.3) is 5.91 Å². The fourth-order valence-electron chi connectivity index (χ4n) is 2.32. The molecule has 0 saturated carbocycles. The Balaban J connectivity index is 2.17. The molecule has 7 heteroatoms. The zero-order chi connectivity index (χ0) is 16.5. The lowest BCUT2D eigenvalue weighted by atomic mass is 9.82. The third kappa shape index (κ3) is 2.74. The van der Waals surface area contributed by atoms with E-state index in [9.17, 15) is 14.4 Å². The molecule has 2 rings (SSSR count). The molecule has 118 valence electrons. The van der Waals surface area contributed by atoms with Crippen molar-refractivity contribution in [2.45, 2.75) is 32.4 Å². The minimum absolute atomic E-state index is 0.0259. The van der Waals surface area contributed by atoms with Crippen molar-refractivity contribution in [2.24, 2.45) is 0 Å². The van der Waals surface area contributed by atoms with Gasteiger partial charge in [-0.25, -0.2) is 0 Å². The SMILES string of the molecule is CC(=O)NNC(=O)c1ccccc1NC1C(=O)N(C)C1(C)C. The molecule has 0 aliphatic carbocycles. The van der Waals surface area contributed by atoms with Crippen LogP contribution in [0.4, 0.5) is 5.69 Å². The van der Waals surface area contributed by atoms with Crippen LogP contribution >= 0.6 is 0 Å². The summed E-state index contributed by atoms with van der Waals surface area (Å²) in [6.45, 7) is 5.20. The van der Waals surface area contributed by atoms with Crippen molar-refractivity contribution < 1.29 is 14.4 Å². The highest BCUT2D eigenvalue weighted by molar-refractivity contribution is 6.01. The van der Waals surface area contributed by atoms with Crippen molar-refractivity contribution in [1.82, 2.24) is 15.8 Å². The summed E-state index contributed by atoms with van der Waals surface area (Å²) in [6.07, 6.45) is 0. The molecule has 22 heavy (non-hydrogen) atoms. The molecule has 3 amide bonds. The predicted molar refractivity (Wildman–Crippen MR) is 82.0 cm³/mol.